The zero-order valence-electron chi connectivity index (χ0n) is 6.75. The Morgan fingerprint density at radius 3 is 2.55 bits per heavy atom. The van der Waals surface area contributed by atoms with Gasteiger partial charge in [-0.15, -0.1) is 12.4 Å². The molecule has 0 aliphatic carbocycles. The highest BCUT2D eigenvalue weighted by molar-refractivity contribution is 5.85. The fourth-order valence-electron chi connectivity index (χ4n) is 1.43. The standard InChI is InChI=1S/C7H14N2O.ClH/c1-9-5-3-2-4-6(9)7(8)10;/h6H,2-5H2,1H3,(H2,8,10);1H. The second-order valence-corrected chi connectivity index (χ2v) is 2.89. The third kappa shape index (κ3) is 2.67. The molecule has 1 fully saturated rings. The van der Waals surface area contributed by atoms with Crippen molar-refractivity contribution in [1.29, 1.82) is 0 Å². The molecule has 0 spiro atoms. The number of hydrogen-bond donors (Lipinski definition) is 1. The van der Waals surface area contributed by atoms with Gasteiger partial charge < -0.3 is 5.73 Å². The molecular formula is C7H15ClN2O. The lowest BCUT2D eigenvalue weighted by atomic mass is 10.0. The van der Waals surface area contributed by atoms with E-state index in [4.69, 9.17) is 5.73 Å². The number of rotatable bonds is 1. The quantitative estimate of drug-likeness (QED) is 0.631. The summed E-state index contributed by atoms with van der Waals surface area (Å²) in [7, 11) is 1.95. The van der Waals surface area contributed by atoms with Gasteiger partial charge in [0.05, 0.1) is 6.04 Å². The summed E-state index contributed by atoms with van der Waals surface area (Å²) in [5.41, 5.74) is 5.18. The van der Waals surface area contributed by atoms with Crippen molar-refractivity contribution in [3.05, 3.63) is 0 Å². The lowest BCUT2D eigenvalue weighted by Gasteiger charge is -2.29. The summed E-state index contributed by atoms with van der Waals surface area (Å²) < 4.78 is 0. The molecule has 0 saturated carbocycles. The summed E-state index contributed by atoms with van der Waals surface area (Å²) in [6.07, 6.45) is 3.27. The molecule has 1 unspecified atom stereocenters. The topological polar surface area (TPSA) is 46.3 Å². The van der Waals surface area contributed by atoms with E-state index in [2.05, 4.69) is 0 Å². The van der Waals surface area contributed by atoms with Crippen molar-refractivity contribution in [2.45, 2.75) is 25.3 Å². The number of likely N-dealkylation sites (tertiary alicyclic amines) is 1. The van der Waals surface area contributed by atoms with Gasteiger partial charge in [0, 0.05) is 0 Å². The van der Waals surface area contributed by atoms with Crippen LogP contribution in [0.5, 0.6) is 0 Å². The second kappa shape index (κ2) is 4.57. The molecule has 1 atom stereocenters. The molecule has 0 aromatic carbocycles. The Bertz CT molecular complexity index is 140. The zero-order chi connectivity index (χ0) is 7.56. The maximum atomic E-state index is 10.7. The maximum Gasteiger partial charge on any atom is 0.234 e. The third-order valence-corrected chi connectivity index (χ3v) is 2.10. The molecule has 2 N–H and O–H groups in total. The highest BCUT2D eigenvalue weighted by atomic mass is 35.5. The van der Waals surface area contributed by atoms with Gasteiger partial charge in [0.25, 0.3) is 0 Å². The number of nitrogens with two attached hydrogens (primary N) is 1. The van der Waals surface area contributed by atoms with E-state index in [-0.39, 0.29) is 24.4 Å². The normalized spacial score (nSPS) is 25.7. The van der Waals surface area contributed by atoms with Crippen LogP contribution in [-0.4, -0.2) is 30.4 Å². The molecule has 1 amide bonds. The number of carbonyl (C=O) groups excluding carboxylic acids is 1. The molecule has 66 valence electrons. The minimum Gasteiger partial charge on any atom is -0.368 e. The number of amides is 1. The van der Waals surface area contributed by atoms with Crippen molar-refractivity contribution in [2.75, 3.05) is 13.6 Å². The molecule has 4 heteroatoms. The number of hydrogen-bond acceptors (Lipinski definition) is 2. The lowest BCUT2D eigenvalue weighted by Crippen LogP contribution is -2.45. The van der Waals surface area contributed by atoms with Crippen LogP contribution in [0.4, 0.5) is 0 Å². The average molecular weight is 179 g/mol. The summed E-state index contributed by atoms with van der Waals surface area (Å²) in [6.45, 7) is 1.01. The SMILES string of the molecule is CN1CCCCC1C(N)=O.Cl. The van der Waals surface area contributed by atoms with Gasteiger partial charge in [0.2, 0.25) is 5.91 Å². The smallest absolute Gasteiger partial charge is 0.234 e. The first kappa shape index (κ1) is 10.7. The van der Waals surface area contributed by atoms with Crippen molar-refractivity contribution in [3.8, 4) is 0 Å². The first-order chi connectivity index (χ1) is 4.72. The van der Waals surface area contributed by atoms with Gasteiger partial charge in [-0.3, -0.25) is 9.69 Å². The number of nitrogens with zero attached hydrogens (tertiary/aromatic N) is 1. The summed E-state index contributed by atoms with van der Waals surface area (Å²) in [4.78, 5) is 12.8. The van der Waals surface area contributed by atoms with Gasteiger partial charge in [-0.2, -0.15) is 0 Å². The molecule has 1 heterocycles. The van der Waals surface area contributed by atoms with Gasteiger partial charge in [-0.1, -0.05) is 6.42 Å². The second-order valence-electron chi connectivity index (χ2n) is 2.89. The van der Waals surface area contributed by atoms with E-state index in [9.17, 15) is 4.79 Å². The first-order valence-electron chi connectivity index (χ1n) is 3.71. The Morgan fingerprint density at radius 1 is 1.55 bits per heavy atom. The predicted molar refractivity (Wildman–Crippen MR) is 46.7 cm³/mol. The van der Waals surface area contributed by atoms with Crippen LogP contribution in [0.25, 0.3) is 0 Å². The minimum atomic E-state index is -0.179. The number of carbonyl (C=O) groups is 1. The summed E-state index contributed by atoms with van der Waals surface area (Å²) in [6, 6.07) is -0.00579. The molecule has 0 aromatic heterocycles. The van der Waals surface area contributed by atoms with Crippen molar-refractivity contribution >= 4 is 18.3 Å². The number of halogens is 1. The Labute approximate surface area is 73.3 Å². The van der Waals surface area contributed by atoms with E-state index in [0.29, 0.717) is 0 Å². The lowest BCUT2D eigenvalue weighted by molar-refractivity contribution is -0.123. The Morgan fingerprint density at radius 2 is 2.18 bits per heavy atom. The molecule has 1 aliphatic rings. The van der Waals surface area contributed by atoms with Gasteiger partial charge >= 0.3 is 0 Å². The fourth-order valence-corrected chi connectivity index (χ4v) is 1.43. The third-order valence-electron chi connectivity index (χ3n) is 2.10. The van der Waals surface area contributed by atoms with Crippen LogP contribution in [0.1, 0.15) is 19.3 Å². The molecule has 3 nitrogen and oxygen atoms in total. The van der Waals surface area contributed by atoms with Crippen molar-refractivity contribution in [3.63, 3.8) is 0 Å². The van der Waals surface area contributed by atoms with Crippen molar-refractivity contribution in [1.82, 2.24) is 4.90 Å². The molecule has 11 heavy (non-hydrogen) atoms. The molecule has 0 bridgehead atoms. The molecular weight excluding hydrogens is 164 g/mol. The number of primary amides is 1. The van der Waals surface area contributed by atoms with E-state index >= 15 is 0 Å². The maximum absolute atomic E-state index is 10.7. The van der Waals surface area contributed by atoms with Gasteiger partial charge in [-0.25, -0.2) is 0 Å². The Hall–Kier alpha value is -0.280. The van der Waals surface area contributed by atoms with Crippen LogP contribution in [0, 0.1) is 0 Å². The Balaban J connectivity index is 0.000001000. The monoisotopic (exact) mass is 178 g/mol. The zero-order valence-corrected chi connectivity index (χ0v) is 7.56. The highest BCUT2D eigenvalue weighted by Crippen LogP contribution is 2.13. The molecule has 0 radical (unpaired) electrons. The molecule has 0 aromatic rings. The highest BCUT2D eigenvalue weighted by Gasteiger charge is 2.22. The van der Waals surface area contributed by atoms with E-state index in [1.54, 1.807) is 0 Å². The van der Waals surface area contributed by atoms with Gasteiger partial charge in [0.1, 0.15) is 0 Å². The van der Waals surface area contributed by atoms with Crippen LogP contribution in [0.15, 0.2) is 0 Å². The minimum absolute atomic E-state index is 0. The van der Waals surface area contributed by atoms with Crippen molar-refractivity contribution in [2.24, 2.45) is 5.73 Å². The van der Waals surface area contributed by atoms with Gasteiger partial charge in [-0.05, 0) is 26.4 Å². The van der Waals surface area contributed by atoms with Crippen LogP contribution in [-0.2, 0) is 4.79 Å². The molecule has 1 aliphatic heterocycles. The summed E-state index contributed by atoms with van der Waals surface area (Å²) >= 11 is 0. The first-order valence-corrected chi connectivity index (χ1v) is 3.71. The van der Waals surface area contributed by atoms with E-state index < -0.39 is 0 Å². The van der Waals surface area contributed by atoms with E-state index in [0.717, 1.165) is 19.4 Å². The van der Waals surface area contributed by atoms with E-state index in [1.165, 1.54) is 6.42 Å². The van der Waals surface area contributed by atoms with E-state index in [1.807, 2.05) is 11.9 Å². The number of piperidine rings is 1. The average Bonchev–Trinajstić information content (AvgIpc) is 1.88. The van der Waals surface area contributed by atoms with Crippen molar-refractivity contribution < 1.29 is 4.79 Å². The molecule has 1 saturated heterocycles. The predicted octanol–water partition coefficient (Wildman–Crippen LogP) is 0.378. The molecule has 1 rings (SSSR count). The van der Waals surface area contributed by atoms with Gasteiger partial charge in [0.15, 0.2) is 0 Å². The number of likely N-dealkylation sites (N-methyl/N-ethyl adjacent to an activating group) is 1. The van der Waals surface area contributed by atoms with Crippen LogP contribution < -0.4 is 5.73 Å². The summed E-state index contributed by atoms with van der Waals surface area (Å²) in [5, 5.41) is 0. The van der Waals surface area contributed by atoms with Crippen LogP contribution in [0.3, 0.4) is 0 Å². The van der Waals surface area contributed by atoms with Crippen LogP contribution in [0.2, 0.25) is 0 Å². The fraction of sp³-hybridized carbons (Fsp3) is 0.857. The van der Waals surface area contributed by atoms with Crippen LogP contribution >= 0.6 is 12.4 Å². The largest absolute Gasteiger partial charge is 0.368 e. The summed E-state index contributed by atoms with van der Waals surface area (Å²) in [5.74, 6) is -0.179. The Kier molecular flexibility index (Phi) is 4.45.